The Kier molecular flexibility index (Phi) is 4.75. The third-order valence-electron chi connectivity index (χ3n) is 3.25. The monoisotopic (exact) mass is 266 g/mol. The molecule has 18 heavy (non-hydrogen) atoms. The molecule has 1 aliphatic rings. The number of rotatable bonds is 3. The molecule has 1 amide bonds. The van der Waals surface area contributed by atoms with Gasteiger partial charge in [-0.25, -0.2) is 0 Å². The zero-order valence-electron chi connectivity index (χ0n) is 10.3. The summed E-state index contributed by atoms with van der Waals surface area (Å²) < 4.78 is 4.99. The van der Waals surface area contributed by atoms with Crippen LogP contribution in [0.5, 0.6) is 0 Å². The van der Waals surface area contributed by atoms with E-state index in [2.05, 4.69) is 10.6 Å². The quantitative estimate of drug-likeness (QED) is 0.825. The maximum absolute atomic E-state index is 11.6. The Labute approximate surface area is 112 Å². The van der Waals surface area contributed by atoms with Gasteiger partial charge in [0.2, 0.25) is 0 Å². The summed E-state index contributed by atoms with van der Waals surface area (Å²) in [5, 5.41) is 6.09. The van der Waals surface area contributed by atoms with E-state index in [1.165, 1.54) is 38.4 Å². The predicted octanol–water partition coefficient (Wildman–Crippen LogP) is 2.46. The van der Waals surface area contributed by atoms with Crippen LogP contribution in [0.25, 0.3) is 0 Å². The van der Waals surface area contributed by atoms with Crippen LogP contribution in [-0.4, -0.2) is 17.6 Å². The van der Waals surface area contributed by atoms with Gasteiger partial charge in [0.05, 0.1) is 6.26 Å². The van der Waals surface area contributed by atoms with Gasteiger partial charge in [0, 0.05) is 6.54 Å². The van der Waals surface area contributed by atoms with Gasteiger partial charge in [0.25, 0.3) is 5.91 Å². The fourth-order valence-electron chi connectivity index (χ4n) is 2.24. The fraction of sp³-hybridized carbons (Fsp3) is 0.538. The van der Waals surface area contributed by atoms with Gasteiger partial charge < -0.3 is 9.73 Å². The molecule has 0 saturated heterocycles. The molecule has 1 saturated carbocycles. The second kappa shape index (κ2) is 6.54. The zero-order valence-corrected chi connectivity index (χ0v) is 11.1. The van der Waals surface area contributed by atoms with Crippen LogP contribution in [0.4, 0.5) is 0 Å². The average molecular weight is 266 g/mol. The van der Waals surface area contributed by atoms with Gasteiger partial charge in [-0.3, -0.25) is 10.1 Å². The summed E-state index contributed by atoms with van der Waals surface area (Å²) in [5.74, 6) is 0.648. The Morgan fingerprint density at radius 2 is 2.17 bits per heavy atom. The standard InChI is InChI=1S/C13H18N2O2S/c16-12(11-7-4-8-17-11)15-13(18)14-9-10-5-2-1-3-6-10/h4,7-8,10H,1-3,5-6,9H2,(H2,14,15,16,18). The molecule has 2 rings (SSSR count). The second-order valence-electron chi connectivity index (χ2n) is 4.65. The van der Waals surface area contributed by atoms with Crippen molar-refractivity contribution >= 4 is 23.2 Å². The number of nitrogens with one attached hydrogen (secondary N) is 2. The molecular formula is C13H18N2O2S. The van der Waals surface area contributed by atoms with Gasteiger partial charge in [0.1, 0.15) is 0 Å². The van der Waals surface area contributed by atoms with Gasteiger partial charge in [-0.15, -0.1) is 0 Å². The van der Waals surface area contributed by atoms with Crippen LogP contribution in [0.1, 0.15) is 42.7 Å². The molecule has 5 heteroatoms. The molecule has 1 aromatic rings. The first-order valence-electron chi connectivity index (χ1n) is 6.38. The number of furan rings is 1. The Morgan fingerprint density at radius 3 is 2.83 bits per heavy atom. The Morgan fingerprint density at radius 1 is 1.39 bits per heavy atom. The molecule has 0 atom stereocenters. The number of amides is 1. The smallest absolute Gasteiger partial charge is 0.293 e. The first kappa shape index (κ1) is 13.1. The van der Waals surface area contributed by atoms with Crippen molar-refractivity contribution in [2.45, 2.75) is 32.1 Å². The molecule has 1 aliphatic carbocycles. The van der Waals surface area contributed by atoms with Crippen LogP contribution >= 0.6 is 12.2 Å². The first-order chi connectivity index (χ1) is 8.75. The van der Waals surface area contributed by atoms with E-state index in [0.717, 1.165) is 6.54 Å². The highest BCUT2D eigenvalue weighted by Gasteiger charge is 2.14. The minimum absolute atomic E-state index is 0.275. The van der Waals surface area contributed by atoms with Crippen molar-refractivity contribution in [2.75, 3.05) is 6.54 Å². The van der Waals surface area contributed by atoms with Crippen molar-refractivity contribution in [3.63, 3.8) is 0 Å². The first-order valence-corrected chi connectivity index (χ1v) is 6.79. The molecule has 1 fully saturated rings. The minimum Gasteiger partial charge on any atom is -0.459 e. The van der Waals surface area contributed by atoms with E-state index in [-0.39, 0.29) is 11.7 Å². The van der Waals surface area contributed by atoms with E-state index in [1.54, 1.807) is 12.1 Å². The van der Waals surface area contributed by atoms with Gasteiger partial charge in [-0.05, 0) is 43.1 Å². The number of carbonyl (C=O) groups is 1. The molecule has 0 aliphatic heterocycles. The highest BCUT2D eigenvalue weighted by molar-refractivity contribution is 7.80. The predicted molar refractivity (Wildman–Crippen MR) is 73.3 cm³/mol. The molecule has 0 bridgehead atoms. The molecular weight excluding hydrogens is 248 g/mol. The van der Waals surface area contributed by atoms with Crippen LogP contribution in [0.15, 0.2) is 22.8 Å². The Bertz CT molecular complexity index is 397. The van der Waals surface area contributed by atoms with Crippen LogP contribution in [-0.2, 0) is 0 Å². The van der Waals surface area contributed by atoms with E-state index in [0.29, 0.717) is 11.0 Å². The fourth-order valence-corrected chi connectivity index (χ4v) is 2.42. The number of carbonyl (C=O) groups excluding carboxylic acids is 1. The summed E-state index contributed by atoms with van der Waals surface area (Å²) in [4.78, 5) is 11.6. The highest BCUT2D eigenvalue weighted by Crippen LogP contribution is 2.22. The Hall–Kier alpha value is -1.36. The lowest BCUT2D eigenvalue weighted by molar-refractivity contribution is 0.0949. The van der Waals surface area contributed by atoms with Gasteiger partial charge in [-0.1, -0.05) is 19.3 Å². The van der Waals surface area contributed by atoms with Crippen LogP contribution in [0, 0.1) is 5.92 Å². The minimum atomic E-state index is -0.304. The number of thiocarbonyl (C=S) groups is 1. The molecule has 0 aromatic carbocycles. The molecule has 4 nitrogen and oxygen atoms in total. The molecule has 1 aromatic heterocycles. The van der Waals surface area contributed by atoms with Crippen LogP contribution in [0.3, 0.4) is 0 Å². The summed E-state index contributed by atoms with van der Waals surface area (Å²) >= 11 is 5.09. The van der Waals surface area contributed by atoms with E-state index < -0.39 is 0 Å². The molecule has 0 spiro atoms. The van der Waals surface area contributed by atoms with Crippen LogP contribution < -0.4 is 10.6 Å². The SMILES string of the molecule is O=C(NC(=S)NCC1CCCCC1)c1ccco1. The van der Waals surface area contributed by atoms with Gasteiger partial charge >= 0.3 is 0 Å². The van der Waals surface area contributed by atoms with Crippen molar-refractivity contribution in [2.24, 2.45) is 5.92 Å². The zero-order chi connectivity index (χ0) is 12.8. The molecule has 0 unspecified atom stereocenters. The summed E-state index contributed by atoms with van der Waals surface area (Å²) in [7, 11) is 0. The molecule has 2 N–H and O–H groups in total. The van der Waals surface area contributed by atoms with E-state index in [4.69, 9.17) is 16.6 Å². The summed E-state index contributed by atoms with van der Waals surface area (Å²) in [5.41, 5.74) is 0. The van der Waals surface area contributed by atoms with Crippen molar-refractivity contribution in [3.05, 3.63) is 24.2 Å². The van der Waals surface area contributed by atoms with Crippen molar-refractivity contribution in [1.29, 1.82) is 0 Å². The van der Waals surface area contributed by atoms with Crippen molar-refractivity contribution in [3.8, 4) is 0 Å². The average Bonchev–Trinajstić information content (AvgIpc) is 2.91. The third-order valence-corrected chi connectivity index (χ3v) is 3.49. The van der Waals surface area contributed by atoms with Crippen molar-refractivity contribution in [1.82, 2.24) is 10.6 Å². The van der Waals surface area contributed by atoms with Crippen LogP contribution in [0.2, 0.25) is 0 Å². The lowest BCUT2D eigenvalue weighted by atomic mass is 9.89. The maximum atomic E-state index is 11.6. The normalized spacial score (nSPS) is 16.2. The van der Waals surface area contributed by atoms with Crippen molar-refractivity contribution < 1.29 is 9.21 Å². The topological polar surface area (TPSA) is 54.3 Å². The third kappa shape index (κ3) is 3.84. The summed E-state index contributed by atoms with van der Waals surface area (Å²) in [6, 6.07) is 3.28. The van der Waals surface area contributed by atoms with E-state index in [9.17, 15) is 4.79 Å². The number of hydrogen-bond donors (Lipinski definition) is 2. The van der Waals surface area contributed by atoms with Gasteiger partial charge in [-0.2, -0.15) is 0 Å². The summed E-state index contributed by atoms with van der Waals surface area (Å²) in [6.45, 7) is 0.845. The molecule has 98 valence electrons. The lowest BCUT2D eigenvalue weighted by Crippen LogP contribution is -2.41. The van der Waals surface area contributed by atoms with E-state index in [1.807, 2.05) is 0 Å². The molecule has 0 radical (unpaired) electrons. The maximum Gasteiger partial charge on any atom is 0.293 e. The lowest BCUT2D eigenvalue weighted by Gasteiger charge is -2.22. The highest BCUT2D eigenvalue weighted by atomic mass is 32.1. The van der Waals surface area contributed by atoms with Gasteiger partial charge in [0.15, 0.2) is 10.9 Å². The Balaban J connectivity index is 1.70. The largest absolute Gasteiger partial charge is 0.459 e. The second-order valence-corrected chi connectivity index (χ2v) is 5.05. The summed E-state index contributed by atoms with van der Waals surface area (Å²) in [6.07, 6.45) is 7.92. The van der Waals surface area contributed by atoms with E-state index >= 15 is 0 Å². The number of hydrogen-bond acceptors (Lipinski definition) is 3. The molecule has 1 heterocycles.